The van der Waals surface area contributed by atoms with Gasteiger partial charge in [0.05, 0.1) is 12.2 Å². The van der Waals surface area contributed by atoms with Crippen LogP contribution in [0, 0.1) is 5.92 Å². The first-order valence-electron chi connectivity index (χ1n) is 9.15. The number of likely N-dealkylation sites (tertiary alicyclic amines) is 1. The minimum atomic E-state index is 0.0527. The van der Waals surface area contributed by atoms with Gasteiger partial charge < -0.3 is 19.9 Å². The molecule has 2 aliphatic rings. The molecule has 2 heterocycles. The van der Waals surface area contributed by atoms with Crippen molar-refractivity contribution in [3.05, 3.63) is 24.3 Å². The lowest BCUT2D eigenvalue weighted by molar-refractivity contribution is -0.137. The topological polar surface area (TPSA) is 44.8 Å². The van der Waals surface area contributed by atoms with Gasteiger partial charge in [-0.2, -0.15) is 0 Å². The summed E-state index contributed by atoms with van der Waals surface area (Å²) in [4.78, 5) is 16.6. The van der Waals surface area contributed by atoms with Gasteiger partial charge >= 0.3 is 0 Å². The van der Waals surface area contributed by atoms with Crippen LogP contribution in [-0.2, 0) is 4.79 Å². The Balaban J connectivity index is 1.68. The predicted octanol–water partition coefficient (Wildman–Crippen LogP) is 2.12. The highest BCUT2D eigenvalue weighted by Gasteiger charge is 2.27. The quantitative estimate of drug-likeness (QED) is 0.918. The molecule has 1 atom stereocenters. The maximum Gasteiger partial charge on any atom is 0.225 e. The molecule has 1 aromatic rings. The summed E-state index contributed by atoms with van der Waals surface area (Å²) in [5.74, 6) is 1.24. The number of hydrogen-bond donors (Lipinski definition) is 1. The summed E-state index contributed by atoms with van der Waals surface area (Å²) in [6.07, 6.45) is 2.11. The van der Waals surface area contributed by atoms with E-state index >= 15 is 0 Å². The molecule has 2 aliphatic heterocycles. The molecule has 0 bridgehead atoms. The number of carbonyl (C=O) groups excluding carboxylic acids is 1. The third-order valence-corrected chi connectivity index (χ3v) is 4.80. The van der Waals surface area contributed by atoms with Crippen molar-refractivity contribution in [3.63, 3.8) is 0 Å². The Labute approximate surface area is 145 Å². The fourth-order valence-electron chi connectivity index (χ4n) is 3.50. The van der Waals surface area contributed by atoms with Crippen LogP contribution in [0.1, 0.15) is 26.7 Å². The Bertz CT molecular complexity index is 555. The molecule has 0 radical (unpaired) electrons. The SMILES string of the molecule is CC(C)C(=O)N1CCC[C@H](Oc2ccccc2N2CCNCC2)C1. The van der Waals surface area contributed by atoms with E-state index < -0.39 is 0 Å². The molecule has 132 valence electrons. The highest BCUT2D eigenvalue weighted by molar-refractivity contribution is 5.78. The molecule has 1 aromatic carbocycles. The number of ether oxygens (including phenoxy) is 1. The number of benzene rings is 1. The number of amides is 1. The average Bonchev–Trinajstić information content (AvgIpc) is 2.62. The van der Waals surface area contributed by atoms with Gasteiger partial charge in [-0.25, -0.2) is 0 Å². The van der Waals surface area contributed by atoms with E-state index in [0.717, 1.165) is 51.3 Å². The second-order valence-corrected chi connectivity index (χ2v) is 7.03. The van der Waals surface area contributed by atoms with E-state index in [-0.39, 0.29) is 17.9 Å². The van der Waals surface area contributed by atoms with Gasteiger partial charge in [-0.05, 0) is 25.0 Å². The number of para-hydroxylation sites is 2. The van der Waals surface area contributed by atoms with Gasteiger partial charge in [-0.15, -0.1) is 0 Å². The highest BCUT2D eigenvalue weighted by atomic mass is 16.5. The van der Waals surface area contributed by atoms with E-state index in [1.54, 1.807) is 0 Å². The Kier molecular flexibility index (Phi) is 5.61. The Morgan fingerprint density at radius 1 is 1.21 bits per heavy atom. The lowest BCUT2D eigenvalue weighted by atomic mass is 10.1. The van der Waals surface area contributed by atoms with Crippen LogP contribution in [0.15, 0.2) is 24.3 Å². The molecular formula is C19H29N3O2. The summed E-state index contributed by atoms with van der Waals surface area (Å²) in [6, 6.07) is 8.29. The van der Waals surface area contributed by atoms with Gasteiger partial charge in [0.2, 0.25) is 5.91 Å². The first-order valence-corrected chi connectivity index (χ1v) is 9.15. The molecule has 0 aliphatic carbocycles. The van der Waals surface area contributed by atoms with Crippen LogP contribution < -0.4 is 15.0 Å². The van der Waals surface area contributed by atoms with E-state index in [4.69, 9.17) is 4.74 Å². The molecule has 5 nitrogen and oxygen atoms in total. The van der Waals surface area contributed by atoms with Crippen molar-refractivity contribution in [1.82, 2.24) is 10.2 Å². The number of piperazine rings is 1. The zero-order valence-electron chi connectivity index (χ0n) is 14.8. The van der Waals surface area contributed by atoms with Crippen molar-refractivity contribution < 1.29 is 9.53 Å². The number of anilines is 1. The van der Waals surface area contributed by atoms with Gasteiger partial charge in [0, 0.05) is 38.6 Å². The third kappa shape index (κ3) is 4.01. The van der Waals surface area contributed by atoms with Crippen LogP contribution in [0.5, 0.6) is 5.75 Å². The highest BCUT2D eigenvalue weighted by Crippen LogP contribution is 2.30. The summed E-state index contributed by atoms with van der Waals surface area (Å²) in [5, 5.41) is 3.39. The smallest absolute Gasteiger partial charge is 0.225 e. The molecule has 3 rings (SSSR count). The van der Waals surface area contributed by atoms with Crippen molar-refractivity contribution in [2.75, 3.05) is 44.2 Å². The maximum absolute atomic E-state index is 12.3. The van der Waals surface area contributed by atoms with Gasteiger partial charge in [-0.1, -0.05) is 26.0 Å². The monoisotopic (exact) mass is 331 g/mol. The zero-order chi connectivity index (χ0) is 16.9. The molecule has 2 saturated heterocycles. The predicted molar refractivity (Wildman–Crippen MR) is 96.6 cm³/mol. The van der Waals surface area contributed by atoms with E-state index in [1.807, 2.05) is 24.8 Å². The number of rotatable bonds is 4. The summed E-state index contributed by atoms with van der Waals surface area (Å²) in [6.45, 7) is 9.51. The van der Waals surface area contributed by atoms with Crippen molar-refractivity contribution in [1.29, 1.82) is 0 Å². The summed E-state index contributed by atoms with van der Waals surface area (Å²) in [5.41, 5.74) is 1.17. The normalized spacial score (nSPS) is 21.9. The largest absolute Gasteiger partial charge is 0.486 e. The number of hydrogen-bond acceptors (Lipinski definition) is 4. The molecule has 5 heteroatoms. The molecule has 0 saturated carbocycles. The second-order valence-electron chi connectivity index (χ2n) is 7.03. The standard InChI is InChI=1S/C19H29N3O2/c1-15(2)19(23)22-11-5-6-16(14-22)24-18-8-4-3-7-17(18)21-12-9-20-10-13-21/h3-4,7-8,15-16,20H,5-6,9-14H2,1-2H3/t16-/m0/s1. The minimum absolute atomic E-state index is 0.0527. The van der Waals surface area contributed by atoms with Crippen molar-refractivity contribution in [2.45, 2.75) is 32.8 Å². The first kappa shape index (κ1) is 17.1. The molecule has 0 spiro atoms. The van der Waals surface area contributed by atoms with Crippen molar-refractivity contribution >= 4 is 11.6 Å². The minimum Gasteiger partial charge on any atom is -0.486 e. The van der Waals surface area contributed by atoms with E-state index in [0.29, 0.717) is 6.54 Å². The number of carbonyl (C=O) groups is 1. The van der Waals surface area contributed by atoms with Crippen molar-refractivity contribution in [2.24, 2.45) is 5.92 Å². The molecule has 1 N–H and O–H groups in total. The van der Waals surface area contributed by atoms with Crippen LogP contribution in [-0.4, -0.2) is 56.2 Å². The van der Waals surface area contributed by atoms with E-state index in [2.05, 4.69) is 28.4 Å². The number of piperidine rings is 1. The van der Waals surface area contributed by atoms with Gasteiger partial charge in [0.1, 0.15) is 11.9 Å². The van der Waals surface area contributed by atoms with Crippen molar-refractivity contribution in [3.8, 4) is 5.75 Å². The third-order valence-electron chi connectivity index (χ3n) is 4.80. The fraction of sp³-hybridized carbons (Fsp3) is 0.632. The van der Waals surface area contributed by atoms with E-state index in [9.17, 15) is 4.79 Å². The molecule has 24 heavy (non-hydrogen) atoms. The van der Waals surface area contributed by atoms with Gasteiger partial charge in [0.25, 0.3) is 0 Å². The Hall–Kier alpha value is -1.75. The Morgan fingerprint density at radius 3 is 2.71 bits per heavy atom. The molecule has 0 unspecified atom stereocenters. The summed E-state index contributed by atoms with van der Waals surface area (Å²) >= 11 is 0. The van der Waals surface area contributed by atoms with Crippen LogP contribution in [0.2, 0.25) is 0 Å². The molecular weight excluding hydrogens is 302 g/mol. The number of nitrogens with one attached hydrogen (secondary N) is 1. The molecule has 2 fully saturated rings. The Morgan fingerprint density at radius 2 is 1.96 bits per heavy atom. The first-order chi connectivity index (χ1) is 11.6. The lowest BCUT2D eigenvalue weighted by Crippen LogP contribution is -2.46. The molecule has 0 aromatic heterocycles. The fourth-order valence-corrected chi connectivity index (χ4v) is 3.50. The van der Waals surface area contributed by atoms with Crippen LogP contribution >= 0.6 is 0 Å². The lowest BCUT2D eigenvalue weighted by Gasteiger charge is -2.35. The van der Waals surface area contributed by atoms with Crippen LogP contribution in [0.3, 0.4) is 0 Å². The van der Waals surface area contributed by atoms with Gasteiger partial charge in [-0.3, -0.25) is 4.79 Å². The maximum atomic E-state index is 12.3. The van der Waals surface area contributed by atoms with E-state index in [1.165, 1.54) is 5.69 Å². The second kappa shape index (κ2) is 7.88. The van der Waals surface area contributed by atoms with Gasteiger partial charge in [0.15, 0.2) is 0 Å². The zero-order valence-corrected chi connectivity index (χ0v) is 14.8. The molecule has 1 amide bonds. The average molecular weight is 331 g/mol. The number of nitrogens with zero attached hydrogens (tertiary/aromatic N) is 2. The van der Waals surface area contributed by atoms with Crippen LogP contribution in [0.4, 0.5) is 5.69 Å². The summed E-state index contributed by atoms with van der Waals surface area (Å²) in [7, 11) is 0. The van der Waals surface area contributed by atoms with Crippen LogP contribution in [0.25, 0.3) is 0 Å². The summed E-state index contributed by atoms with van der Waals surface area (Å²) < 4.78 is 6.34.